The van der Waals surface area contributed by atoms with E-state index in [1.807, 2.05) is 66.7 Å². The number of aromatic nitrogens is 1. The molecule has 2 N–H and O–H groups in total. The van der Waals surface area contributed by atoms with Crippen molar-refractivity contribution < 1.29 is 14.3 Å². The summed E-state index contributed by atoms with van der Waals surface area (Å²) in [5, 5.41) is 6.21. The standard InChI is InChI=1S/C23H23N3O3/c27-23(17-12-14-28-15-13-17)25-18-10-11-22(24-16-18)26-20-8-4-5-9-21(20)29-19-6-2-1-3-7-19/h1-11,16-17H,12-15H2,(H,24,26)(H,25,27). The van der Waals surface area contributed by atoms with E-state index in [9.17, 15) is 4.79 Å². The molecule has 3 aromatic rings. The van der Waals surface area contributed by atoms with Crippen LogP contribution in [0.3, 0.4) is 0 Å². The van der Waals surface area contributed by atoms with Crippen LogP contribution >= 0.6 is 0 Å². The molecule has 0 bridgehead atoms. The summed E-state index contributed by atoms with van der Waals surface area (Å²) in [7, 11) is 0. The Bertz CT molecular complexity index is 939. The minimum atomic E-state index is 0.00330. The molecule has 29 heavy (non-hydrogen) atoms. The zero-order valence-corrected chi connectivity index (χ0v) is 16.0. The summed E-state index contributed by atoms with van der Waals surface area (Å²) < 4.78 is 11.3. The number of nitrogens with zero attached hydrogens (tertiary/aromatic N) is 1. The normalized spacial score (nSPS) is 14.2. The number of para-hydroxylation sites is 3. The van der Waals surface area contributed by atoms with E-state index in [4.69, 9.17) is 9.47 Å². The summed E-state index contributed by atoms with van der Waals surface area (Å²) in [6.45, 7) is 1.29. The Morgan fingerprint density at radius 3 is 2.48 bits per heavy atom. The molecule has 1 fully saturated rings. The Hall–Kier alpha value is -3.38. The molecule has 0 aliphatic carbocycles. The van der Waals surface area contributed by atoms with Crippen LogP contribution in [0, 0.1) is 5.92 Å². The van der Waals surface area contributed by atoms with Crippen LogP contribution in [0.25, 0.3) is 0 Å². The van der Waals surface area contributed by atoms with Crippen molar-refractivity contribution in [2.24, 2.45) is 5.92 Å². The highest BCUT2D eigenvalue weighted by Gasteiger charge is 2.21. The zero-order valence-electron chi connectivity index (χ0n) is 16.0. The lowest BCUT2D eigenvalue weighted by molar-refractivity contribution is -0.122. The number of benzene rings is 2. The van der Waals surface area contributed by atoms with Gasteiger partial charge in [-0.05, 0) is 49.2 Å². The number of hydrogen-bond acceptors (Lipinski definition) is 5. The van der Waals surface area contributed by atoms with Gasteiger partial charge in [0.1, 0.15) is 11.6 Å². The fourth-order valence-corrected chi connectivity index (χ4v) is 3.16. The first kappa shape index (κ1) is 19.0. The van der Waals surface area contributed by atoms with Gasteiger partial charge >= 0.3 is 0 Å². The van der Waals surface area contributed by atoms with Crippen molar-refractivity contribution in [3.05, 3.63) is 72.9 Å². The summed E-state index contributed by atoms with van der Waals surface area (Å²) in [6.07, 6.45) is 3.18. The van der Waals surface area contributed by atoms with E-state index in [0.717, 1.165) is 24.3 Å². The molecule has 1 saturated heterocycles. The topological polar surface area (TPSA) is 72.5 Å². The van der Waals surface area contributed by atoms with E-state index in [1.54, 1.807) is 6.20 Å². The van der Waals surface area contributed by atoms with E-state index in [0.29, 0.717) is 30.5 Å². The lowest BCUT2D eigenvalue weighted by Gasteiger charge is -2.21. The third-order valence-corrected chi connectivity index (χ3v) is 4.74. The van der Waals surface area contributed by atoms with Gasteiger partial charge in [-0.2, -0.15) is 0 Å². The summed E-state index contributed by atoms with van der Waals surface area (Å²) in [5.74, 6) is 2.16. The Morgan fingerprint density at radius 1 is 0.966 bits per heavy atom. The van der Waals surface area contributed by atoms with Crippen LogP contribution in [-0.2, 0) is 9.53 Å². The molecule has 1 amide bonds. The van der Waals surface area contributed by atoms with E-state index in [-0.39, 0.29) is 11.8 Å². The number of hydrogen-bond donors (Lipinski definition) is 2. The van der Waals surface area contributed by atoms with Crippen molar-refractivity contribution in [1.29, 1.82) is 0 Å². The minimum absolute atomic E-state index is 0.00330. The number of carbonyl (C=O) groups excluding carboxylic acids is 1. The number of amides is 1. The zero-order chi connectivity index (χ0) is 19.9. The lowest BCUT2D eigenvalue weighted by Crippen LogP contribution is -2.28. The summed E-state index contributed by atoms with van der Waals surface area (Å²) >= 11 is 0. The van der Waals surface area contributed by atoms with Gasteiger partial charge in [-0.1, -0.05) is 30.3 Å². The van der Waals surface area contributed by atoms with Crippen molar-refractivity contribution in [3.8, 4) is 11.5 Å². The van der Waals surface area contributed by atoms with E-state index in [2.05, 4.69) is 15.6 Å². The van der Waals surface area contributed by atoms with Crippen LogP contribution < -0.4 is 15.4 Å². The van der Waals surface area contributed by atoms with Crippen molar-refractivity contribution in [1.82, 2.24) is 4.98 Å². The SMILES string of the molecule is O=C(Nc1ccc(Nc2ccccc2Oc2ccccc2)nc1)C1CCOCC1. The molecule has 0 atom stereocenters. The van der Waals surface area contributed by atoms with Gasteiger partial charge < -0.3 is 20.1 Å². The fraction of sp³-hybridized carbons (Fsp3) is 0.217. The van der Waals surface area contributed by atoms with Gasteiger partial charge in [0.25, 0.3) is 0 Å². The third-order valence-electron chi connectivity index (χ3n) is 4.74. The summed E-state index contributed by atoms with van der Waals surface area (Å²) in [4.78, 5) is 16.7. The molecule has 4 rings (SSSR count). The Kier molecular flexibility index (Phi) is 6.02. The average Bonchev–Trinajstić information content (AvgIpc) is 2.78. The average molecular weight is 389 g/mol. The molecule has 2 heterocycles. The first-order valence-corrected chi connectivity index (χ1v) is 9.71. The Balaban J connectivity index is 1.41. The maximum absolute atomic E-state index is 12.3. The number of nitrogens with one attached hydrogen (secondary N) is 2. The maximum atomic E-state index is 12.3. The molecule has 1 aliphatic rings. The molecular weight excluding hydrogens is 366 g/mol. The van der Waals surface area contributed by atoms with Gasteiger partial charge in [-0.15, -0.1) is 0 Å². The van der Waals surface area contributed by atoms with Crippen LogP contribution in [0.4, 0.5) is 17.2 Å². The molecule has 0 radical (unpaired) electrons. The van der Waals surface area contributed by atoms with Gasteiger partial charge in [0.05, 0.1) is 17.6 Å². The van der Waals surface area contributed by atoms with E-state index >= 15 is 0 Å². The van der Waals surface area contributed by atoms with Crippen molar-refractivity contribution in [3.63, 3.8) is 0 Å². The van der Waals surface area contributed by atoms with Gasteiger partial charge in [0.15, 0.2) is 5.75 Å². The first-order valence-electron chi connectivity index (χ1n) is 9.71. The lowest BCUT2D eigenvalue weighted by atomic mass is 9.99. The highest BCUT2D eigenvalue weighted by molar-refractivity contribution is 5.92. The molecule has 6 heteroatoms. The smallest absolute Gasteiger partial charge is 0.227 e. The highest BCUT2D eigenvalue weighted by Crippen LogP contribution is 2.31. The van der Waals surface area contributed by atoms with Crippen molar-refractivity contribution in [2.75, 3.05) is 23.8 Å². The quantitative estimate of drug-likeness (QED) is 0.622. The van der Waals surface area contributed by atoms with Crippen LogP contribution in [-0.4, -0.2) is 24.1 Å². The molecule has 148 valence electrons. The second kappa shape index (κ2) is 9.21. The fourth-order valence-electron chi connectivity index (χ4n) is 3.16. The second-order valence-corrected chi connectivity index (χ2v) is 6.84. The van der Waals surface area contributed by atoms with Gasteiger partial charge in [-0.3, -0.25) is 4.79 Å². The molecule has 2 aromatic carbocycles. The molecule has 0 saturated carbocycles. The van der Waals surface area contributed by atoms with Crippen LogP contribution in [0.2, 0.25) is 0 Å². The maximum Gasteiger partial charge on any atom is 0.227 e. The monoisotopic (exact) mass is 389 g/mol. The predicted molar refractivity (Wildman–Crippen MR) is 113 cm³/mol. The van der Waals surface area contributed by atoms with Crippen LogP contribution in [0.5, 0.6) is 11.5 Å². The highest BCUT2D eigenvalue weighted by atomic mass is 16.5. The minimum Gasteiger partial charge on any atom is -0.455 e. The first-order chi connectivity index (χ1) is 14.3. The largest absolute Gasteiger partial charge is 0.455 e. The summed E-state index contributed by atoms with van der Waals surface area (Å²) in [5.41, 5.74) is 1.49. The van der Waals surface area contributed by atoms with E-state index < -0.39 is 0 Å². The molecule has 0 unspecified atom stereocenters. The van der Waals surface area contributed by atoms with Gasteiger partial charge in [0.2, 0.25) is 5.91 Å². The Morgan fingerprint density at radius 2 is 1.72 bits per heavy atom. The molecule has 0 spiro atoms. The molecule has 6 nitrogen and oxygen atoms in total. The number of ether oxygens (including phenoxy) is 2. The third kappa shape index (κ3) is 5.12. The van der Waals surface area contributed by atoms with Gasteiger partial charge in [0, 0.05) is 19.1 Å². The number of carbonyl (C=O) groups is 1. The summed E-state index contributed by atoms with van der Waals surface area (Å²) in [6, 6.07) is 21.0. The Labute approximate surface area is 169 Å². The van der Waals surface area contributed by atoms with Crippen molar-refractivity contribution >= 4 is 23.1 Å². The number of rotatable bonds is 6. The number of pyridine rings is 1. The number of anilines is 3. The molecule has 1 aromatic heterocycles. The van der Waals surface area contributed by atoms with Crippen LogP contribution in [0.1, 0.15) is 12.8 Å². The molecule has 1 aliphatic heterocycles. The predicted octanol–water partition coefficient (Wildman–Crippen LogP) is 4.98. The van der Waals surface area contributed by atoms with Crippen LogP contribution in [0.15, 0.2) is 72.9 Å². The van der Waals surface area contributed by atoms with Gasteiger partial charge in [-0.25, -0.2) is 4.98 Å². The van der Waals surface area contributed by atoms with E-state index in [1.165, 1.54) is 0 Å². The van der Waals surface area contributed by atoms with Crippen molar-refractivity contribution in [2.45, 2.75) is 12.8 Å². The molecular formula is C23H23N3O3. The second-order valence-electron chi connectivity index (χ2n) is 6.84.